The van der Waals surface area contributed by atoms with Crippen molar-refractivity contribution in [2.75, 3.05) is 10.6 Å². The van der Waals surface area contributed by atoms with Crippen LogP contribution in [0.15, 0.2) is 29.2 Å². The number of primary amides is 1. The second kappa shape index (κ2) is 6.09. The molecule has 2 aromatic rings. The van der Waals surface area contributed by atoms with Crippen molar-refractivity contribution in [2.24, 2.45) is 5.73 Å². The van der Waals surface area contributed by atoms with E-state index in [2.05, 4.69) is 25.6 Å². The topological polar surface area (TPSA) is 160 Å². The van der Waals surface area contributed by atoms with Crippen molar-refractivity contribution in [3.05, 3.63) is 29.5 Å². The maximum absolute atomic E-state index is 10.9. The Morgan fingerprint density at radius 3 is 2.27 bits per heavy atom. The van der Waals surface area contributed by atoms with Crippen LogP contribution in [-0.4, -0.2) is 34.0 Å². The molecule has 1 aromatic carbocycles. The lowest BCUT2D eigenvalue weighted by molar-refractivity contribution is 0.259. The van der Waals surface area contributed by atoms with Gasteiger partial charge in [0.2, 0.25) is 17.2 Å². The number of hydrogen-bond donors (Lipinski definition) is 4. The fourth-order valence-corrected chi connectivity index (χ4v) is 2.05. The van der Waals surface area contributed by atoms with E-state index in [9.17, 15) is 13.2 Å². The van der Waals surface area contributed by atoms with Gasteiger partial charge >= 0.3 is 6.03 Å². The average Bonchev–Trinajstić information content (AvgIpc) is 2.36. The lowest BCUT2D eigenvalue weighted by Crippen LogP contribution is -2.21. The molecule has 0 bridgehead atoms. The highest BCUT2D eigenvalue weighted by molar-refractivity contribution is 7.85. The number of amides is 2. The third kappa shape index (κ3) is 4.25. The van der Waals surface area contributed by atoms with Crippen molar-refractivity contribution in [2.45, 2.75) is 4.90 Å². The summed E-state index contributed by atoms with van der Waals surface area (Å²) < 4.78 is 30.7. The molecule has 10 nitrogen and oxygen atoms in total. The summed E-state index contributed by atoms with van der Waals surface area (Å²) in [6.07, 6.45) is 0. The van der Waals surface area contributed by atoms with E-state index < -0.39 is 16.1 Å². The molecule has 22 heavy (non-hydrogen) atoms. The Kier molecular flexibility index (Phi) is 4.40. The lowest BCUT2D eigenvalue weighted by atomic mass is 10.3. The van der Waals surface area contributed by atoms with E-state index in [0.29, 0.717) is 5.69 Å². The highest BCUT2D eigenvalue weighted by Crippen LogP contribution is 2.18. The van der Waals surface area contributed by atoms with Gasteiger partial charge in [0.1, 0.15) is 0 Å². The minimum atomic E-state index is -4.27. The zero-order valence-electron chi connectivity index (χ0n) is 10.7. The first-order valence-electron chi connectivity index (χ1n) is 5.56. The molecule has 0 aliphatic heterocycles. The molecule has 0 aliphatic rings. The monoisotopic (exact) mass is 344 g/mol. The summed E-state index contributed by atoms with van der Waals surface area (Å²) in [6, 6.07) is 4.25. The average molecular weight is 345 g/mol. The molecule has 0 saturated carbocycles. The number of carbonyl (C=O) groups is 1. The largest absolute Gasteiger partial charge is 0.351 e. The van der Waals surface area contributed by atoms with Crippen LogP contribution in [0, 0.1) is 0 Å². The van der Waals surface area contributed by atoms with Gasteiger partial charge in [0.25, 0.3) is 10.1 Å². The number of hydrogen-bond acceptors (Lipinski definition) is 7. The zero-order valence-corrected chi connectivity index (χ0v) is 12.3. The number of carbonyl (C=O) groups excluding carboxylic acids is 1. The van der Waals surface area contributed by atoms with Crippen LogP contribution in [0.2, 0.25) is 5.28 Å². The number of aromatic nitrogens is 3. The van der Waals surface area contributed by atoms with Crippen LogP contribution >= 0.6 is 11.6 Å². The van der Waals surface area contributed by atoms with Crippen molar-refractivity contribution in [1.82, 2.24) is 15.0 Å². The number of urea groups is 1. The maximum atomic E-state index is 10.9. The molecule has 5 N–H and O–H groups in total. The van der Waals surface area contributed by atoms with Crippen molar-refractivity contribution in [3.8, 4) is 0 Å². The Hall–Kier alpha value is -2.50. The Bertz CT molecular complexity index is 811. The number of nitrogens with one attached hydrogen (secondary N) is 2. The highest BCUT2D eigenvalue weighted by Gasteiger charge is 2.10. The summed E-state index contributed by atoms with van der Waals surface area (Å²) in [5.41, 5.74) is 5.36. The SMILES string of the molecule is NC(=O)Nc1nc(Cl)nc(Nc2ccc(S(=O)(=O)O)cc2)n1. The first-order chi connectivity index (χ1) is 10.2. The van der Waals surface area contributed by atoms with Crippen molar-refractivity contribution >= 4 is 45.3 Å². The van der Waals surface area contributed by atoms with Gasteiger partial charge in [0.05, 0.1) is 4.90 Å². The Labute approximate surface area is 129 Å². The molecule has 2 rings (SSSR count). The van der Waals surface area contributed by atoms with E-state index in [1.165, 1.54) is 24.3 Å². The minimum absolute atomic E-state index is 0.00311. The number of halogens is 1. The van der Waals surface area contributed by atoms with Gasteiger partial charge in [-0.25, -0.2) is 4.79 Å². The molecule has 0 atom stereocenters. The van der Waals surface area contributed by atoms with Crippen LogP contribution in [0.4, 0.5) is 22.4 Å². The lowest BCUT2D eigenvalue weighted by Gasteiger charge is -2.07. The molecule has 0 radical (unpaired) electrons. The standard InChI is InChI=1S/C10H9ClN6O4S/c11-7-14-9(17-10(15-7)16-8(12)18)13-5-1-3-6(4-2-5)22(19,20)21/h1-4H,(H,19,20,21)(H4,12,13,14,15,16,17,18). The highest BCUT2D eigenvalue weighted by atomic mass is 35.5. The molecule has 0 fully saturated rings. The van der Waals surface area contributed by atoms with Gasteiger partial charge in [-0.3, -0.25) is 9.87 Å². The van der Waals surface area contributed by atoms with Crippen molar-refractivity contribution in [1.29, 1.82) is 0 Å². The van der Waals surface area contributed by atoms with Gasteiger partial charge in [-0.2, -0.15) is 23.4 Å². The minimum Gasteiger partial charge on any atom is -0.351 e. The van der Waals surface area contributed by atoms with Crippen molar-refractivity contribution < 1.29 is 17.8 Å². The summed E-state index contributed by atoms with van der Waals surface area (Å²) in [4.78, 5) is 21.8. The van der Waals surface area contributed by atoms with Crippen LogP contribution in [0.5, 0.6) is 0 Å². The Morgan fingerprint density at radius 2 is 1.73 bits per heavy atom. The Morgan fingerprint density at radius 1 is 1.14 bits per heavy atom. The Balaban J connectivity index is 2.23. The predicted octanol–water partition coefficient (Wildman–Crippen LogP) is 1.01. The number of anilines is 3. The smallest absolute Gasteiger partial charge is 0.319 e. The number of nitrogens with zero attached hydrogens (tertiary/aromatic N) is 3. The summed E-state index contributed by atoms with van der Waals surface area (Å²) in [5, 5.41) is 4.68. The van der Waals surface area contributed by atoms with Crippen LogP contribution in [0.1, 0.15) is 0 Å². The van der Waals surface area contributed by atoms with E-state index in [0.717, 1.165) is 0 Å². The van der Waals surface area contributed by atoms with E-state index in [-0.39, 0.29) is 22.1 Å². The fraction of sp³-hybridized carbons (Fsp3) is 0. The third-order valence-electron chi connectivity index (χ3n) is 2.25. The molecule has 0 spiro atoms. The quantitative estimate of drug-likeness (QED) is 0.597. The second-order valence-corrected chi connectivity index (χ2v) is 5.62. The van der Waals surface area contributed by atoms with E-state index in [4.69, 9.17) is 21.9 Å². The van der Waals surface area contributed by atoms with Gasteiger partial charge in [0, 0.05) is 5.69 Å². The van der Waals surface area contributed by atoms with Crippen molar-refractivity contribution in [3.63, 3.8) is 0 Å². The molecule has 1 heterocycles. The van der Waals surface area contributed by atoms with Gasteiger partial charge < -0.3 is 11.1 Å². The molecule has 2 amide bonds. The third-order valence-corrected chi connectivity index (χ3v) is 3.29. The molecule has 1 aromatic heterocycles. The van der Waals surface area contributed by atoms with Crippen LogP contribution in [0.25, 0.3) is 0 Å². The van der Waals surface area contributed by atoms with Crippen LogP contribution < -0.4 is 16.4 Å². The molecule has 0 saturated heterocycles. The number of benzene rings is 1. The molecular weight excluding hydrogens is 336 g/mol. The molecular formula is C10H9ClN6O4S. The first-order valence-corrected chi connectivity index (χ1v) is 7.38. The van der Waals surface area contributed by atoms with Gasteiger partial charge in [-0.05, 0) is 35.9 Å². The summed E-state index contributed by atoms with van der Waals surface area (Å²) >= 11 is 5.68. The molecule has 0 aliphatic carbocycles. The maximum Gasteiger partial charge on any atom is 0.319 e. The predicted molar refractivity (Wildman–Crippen MR) is 77.6 cm³/mol. The van der Waals surface area contributed by atoms with E-state index in [1.54, 1.807) is 0 Å². The van der Waals surface area contributed by atoms with Crippen LogP contribution in [0.3, 0.4) is 0 Å². The van der Waals surface area contributed by atoms with Gasteiger partial charge in [-0.15, -0.1) is 0 Å². The first kappa shape index (κ1) is 15.9. The van der Waals surface area contributed by atoms with E-state index >= 15 is 0 Å². The van der Waals surface area contributed by atoms with Crippen LogP contribution in [-0.2, 0) is 10.1 Å². The fourth-order valence-electron chi connectivity index (χ4n) is 1.41. The zero-order chi connectivity index (χ0) is 16.3. The normalized spacial score (nSPS) is 11.0. The summed E-state index contributed by atoms with van der Waals surface area (Å²) in [7, 11) is -4.27. The summed E-state index contributed by atoms with van der Waals surface area (Å²) in [6.45, 7) is 0. The number of nitrogens with two attached hydrogens (primary N) is 1. The van der Waals surface area contributed by atoms with E-state index in [1.807, 2.05) is 0 Å². The molecule has 0 unspecified atom stereocenters. The van der Waals surface area contributed by atoms with Gasteiger partial charge in [-0.1, -0.05) is 0 Å². The molecule has 116 valence electrons. The number of rotatable bonds is 4. The van der Waals surface area contributed by atoms with Gasteiger partial charge in [0.15, 0.2) is 0 Å². The second-order valence-electron chi connectivity index (χ2n) is 3.87. The molecule has 12 heteroatoms. The summed E-state index contributed by atoms with van der Waals surface area (Å²) in [5.74, 6) is -0.145.